The number of piperidine rings is 1. The van der Waals surface area contributed by atoms with Crippen LogP contribution < -0.4 is 10.6 Å². The normalized spacial score (nSPS) is 19.9. The molecule has 2 aliphatic rings. The summed E-state index contributed by atoms with van der Waals surface area (Å²) >= 11 is 3.37. The van der Waals surface area contributed by atoms with E-state index < -0.39 is 24.0 Å². The topological polar surface area (TPSA) is 102 Å². The van der Waals surface area contributed by atoms with Crippen LogP contribution in [-0.2, 0) is 21.5 Å². The van der Waals surface area contributed by atoms with Crippen LogP contribution in [0.4, 0.5) is 0 Å². The van der Waals surface area contributed by atoms with Crippen molar-refractivity contribution in [2.45, 2.75) is 50.0 Å². The Morgan fingerprint density at radius 3 is 2.42 bits per heavy atom. The summed E-state index contributed by atoms with van der Waals surface area (Å²) in [6.45, 7) is 4.42. The summed E-state index contributed by atoms with van der Waals surface area (Å²) in [6, 6.07) is 15.4. The minimum Gasteiger partial charge on any atom is -0.380 e. The van der Waals surface area contributed by atoms with Crippen LogP contribution in [0.15, 0.2) is 53.0 Å². The maximum absolute atomic E-state index is 12.9. The van der Waals surface area contributed by atoms with Gasteiger partial charge in [-0.15, -0.1) is 0 Å². The van der Waals surface area contributed by atoms with Gasteiger partial charge in [0.15, 0.2) is 12.2 Å². The van der Waals surface area contributed by atoms with Gasteiger partial charge in [-0.05, 0) is 48.6 Å². The minimum atomic E-state index is -1.83. The first-order valence-electron chi connectivity index (χ1n) is 11.3. The molecule has 0 aromatic heterocycles. The lowest BCUT2D eigenvalue weighted by Gasteiger charge is -2.46. The number of carbonyl (C=O) groups excluding carboxylic acids is 2. The summed E-state index contributed by atoms with van der Waals surface area (Å²) in [6.07, 6.45) is -2.10. The molecule has 7 nitrogen and oxygen atoms in total. The number of rotatable bonds is 5. The molecule has 176 valence electrons. The second-order valence-electron chi connectivity index (χ2n) is 9.04. The number of aliphatic hydroxyl groups excluding tert-OH is 2. The molecule has 0 unspecified atom stereocenters. The number of hydrogen-bond donors (Lipinski definition) is 4. The van der Waals surface area contributed by atoms with Crippen molar-refractivity contribution in [3.05, 3.63) is 69.7 Å². The predicted octanol–water partition coefficient (Wildman–Crippen LogP) is 2.01. The lowest BCUT2D eigenvalue weighted by Crippen LogP contribution is -2.56. The van der Waals surface area contributed by atoms with E-state index in [0.29, 0.717) is 13.1 Å². The van der Waals surface area contributed by atoms with Gasteiger partial charge in [0.05, 0.1) is 6.04 Å². The highest BCUT2D eigenvalue weighted by atomic mass is 79.9. The van der Waals surface area contributed by atoms with E-state index in [0.717, 1.165) is 36.0 Å². The zero-order valence-electron chi connectivity index (χ0n) is 18.6. The molecule has 0 radical (unpaired) electrons. The molecule has 1 spiro atoms. The van der Waals surface area contributed by atoms with Crippen molar-refractivity contribution in [1.29, 1.82) is 0 Å². The van der Waals surface area contributed by atoms with Crippen LogP contribution in [0.25, 0.3) is 0 Å². The summed E-state index contributed by atoms with van der Waals surface area (Å²) in [5.74, 6) is -1.38. The molecule has 1 fully saturated rings. The zero-order chi connectivity index (χ0) is 23.6. The Balaban J connectivity index is 1.35. The van der Waals surface area contributed by atoms with E-state index >= 15 is 0 Å². The molecule has 1 saturated heterocycles. The third-order valence-electron chi connectivity index (χ3n) is 6.95. The average Bonchev–Trinajstić information content (AvgIpc) is 2.84. The first-order valence-corrected chi connectivity index (χ1v) is 12.1. The van der Waals surface area contributed by atoms with E-state index in [4.69, 9.17) is 0 Å². The van der Waals surface area contributed by atoms with Crippen LogP contribution in [0.3, 0.4) is 0 Å². The van der Waals surface area contributed by atoms with Gasteiger partial charge in [0.25, 0.3) is 11.8 Å². The van der Waals surface area contributed by atoms with Gasteiger partial charge in [-0.2, -0.15) is 0 Å². The third kappa shape index (κ3) is 4.99. The van der Waals surface area contributed by atoms with Crippen LogP contribution in [-0.4, -0.2) is 58.8 Å². The van der Waals surface area contributed by atoms with Gasteiger partial charge >= 0.3 is 0 Å². The zero-order valence-corrected chi connectivity index (χ0v) is 20.2. The lowest BCUT2D eigenvalue weighted by molar-refractivity contribution is -0.154. The van der Waals surface area contributed by atoms with Crippen LogP contribution in [0.2, 0.25) is 0 Å². The molecule has 3 atom stereocenters. The van der Waals surface area contributed by atoms with E-state index in [1.54, 1.807) is 11.8 Å². The Morgan fingerprint density at radius 1 is 1.06 bits per heavy atom. The Hall–Kier alpha value is -2.26. The van der Waals surface area contributed by atoms with Gasteiger partial charge in [-0.3, -0.25) is 9.59 Å². The van der Waals surface area contributed by atoms with Crippen molar-refractivity contribution in [3.8, 4) is 0 Å². The molecular formula is C25H30BrN3O4. The van der Waals surface area contributed by atoms with Gasteiger partial charge in [0, 0.05) is 36.1 Å². The fourth-order valence-electron chi connectivity index (χ4n) is 4.92. The van der Waals surface area contributed by atoms with Crippen molar-refractivity contribution in [1.82, 2.24) is 15.5 Å². The number of hydrogen-bond acceptors (Lipinski definition) is 5. The largest absolute Gasteiger partial charge is 0.380 e. The predicted molar refractivity (Wildman–Crippen MR) is 128 cm³/mol. The molecule has 0 aliphatic carbocycles. The molecule has 0 saturated carbocycles. The number of amides is 2. The fourth-order valence-corrected chi connectivity index (χ4v) is 5.19. The molecule has 2 aromatic carbocycles. The number of likely N-dealkylation sites (tertiary alicyclic amines) is 1. The standard InChI is InChI=1S/C25H30BrN3O4/c1-16(17-6-8-19(26)9-7-17)28-23(32)21(30)22(31)24(33)29-12-10-25(11-13-29)15-27-14-18-4-2-3-5-20(18)25/h2-9,16,21-22,27,30-31H,10-15H2,1H3,(H,28,32)/t16-,21+,22+/m0/s1. The summed E-state index contributed by atoms with van der Waals surface area (Å²) in [4.78, 5) is 26.9. The fraction of sp³-hybridized carbons (Fsp3) is 0.440. The Kier molecular flexibility index (Phi) is 7.19. The summed E-state index contributed by atoms with van der Waals surface area (Å²) in [5.41, 5.74) is 3.43. The van der Waals surface area contributed by atoms with Gasteiger partial charge < -0.3 is 25.7 Å². The summed E-state index contributed by atoms with van der Waals surface area (Å²) in [5, 5.41) is 27.0. The molecule has 2 amide bonds. The number of nitrogens with zero attached hydrogens (tertiary/aromatic N) is 1. The van der Waals surface area contributed by atoms with E-state index in [-0.39, 0.29) is 11.5 Å². The molecule has 8 heteroatoms. The number of fused-ring (bicyclic) bond motifs is 2. The van der Waals surface area contributed by atoms with Gasteiger partial charge in [0.1, 0.15) is 0 Å². The van der Waals surface area contributed by atoms with Crippen molar-refractivity contribution >= 4 is 27.7 Å². The SMILES string of the molecule is C[C@H](NC(=O)[C@H](O)[C@@H](O)C(=O)N1CCC2(CC1)CNCc1ccccc12)c1ccc(Br)cc1. The monoisotopic (exact) mass is 515 g/mol. The highest BCUT2D eigenvalue weighted by Crippen LogP contribution is 2.39. The molecular weight excluding hydrogens is 486 g/mol. The summed E-state index contributed by atoms with van der Waals surface area (Å²) in [7, 11) is 0. The van der Waals surface area contributed by atoms with Gasteiger partial charge in [-0.25, -0.2) is 0 Å². The van der Waals surface area contributed by atoms with E-state index in [1.807, 2.05) is 30.3 Å². The molecule has 2 heterocycles. The van der Waals surface area contributed by atoms with Crippen LogP contribution in [0, 0.1) is 0 Å². The number of halogens is 1. The minimum absolute atomic E-state index is 0.0350. The summed E-state index contributed by atoms with van der Waals surface area (Å²) < 4.78 is 0.918. The number of carbonyl (C=O) groups is 2. The number of aliphatic hydroxyl groups is 2. The van der Waals surface area contributed by atoms with Crippen molar-refractivity contribution in [3.63, 3.8) is 0 Å². The molecule has 0 bridgehead atoms. The Bertz CT molecular complexity index is 1000. The first kappa shape index (κ1) is 23.9. The molecule has 4 rings (SSSR count). The quantitative estimate of drug-likeness (QED) is 0.487. The van der Waals surface area contributed by atoms with E-state index in [2.05, 4.69) is 44.8 Å². The molecule has 2 aliphatic heterocycles. The Morgan fingerprint density at radius 2 is 1.73 bits per heavy atom. The highest BCUT2D eigenvalue weighted by Gasteiger charge is 2.42. The van der Waals surface area contributed by atoms with Gasteiger partial charge in [-0.1, -0.05) is 52.3 Å². The molecule has 33 heavy (non-hydrogen) atoms. The molecule has 4 N–H and O–H groups in total. The van der Waals surface area contributed by atoms with E-state index in [1.165, 1.54) is 11.1 Å². The number of nitrogens with one attached hydrogen (secondary N) is 2. The number of benzene rings is 2. The van der Waals surface area contributed by atoms with Crippen LogP contribution in [0.1, 0.15) is 42.5 Å². The maximum Gasteiger partial charge on any atom is 0.254 e. The van der Waals surface area contributed by atoms with Gasteiger partial charge in [0.2, 0.25) is 0 Å². The van der Waals surface area contributed by atoms with Crippen molar-refractivity contribution < 1.29 is 19.8 Å². The maximum atomic E-state index is 12.9. The second-order valence-corrected chi connectivity index (χ2v) is 9.95. The van der Waals surface area contributed by atoms with Crippen molar-refractivity contribution in [2.75, 3.05) is 19.6 Å². The smallest absolute Gasteiger partial charge is 0.254 e. The van der Waals surface area contributed by atoms with Crippen LogP contribution in [0.5, 0.6) is 0 Å². The Labute approximate surface area is 202 Å². The van der Waals surface area contributed by atoms with Crippen LogP contribution >= 0.6 is 15.9 Å². The molecule has 2 aromatic rings. The van der Waals surface area contributed by atoms with Crippen molar-refractivity contribution in [2.24, 2.45) is 0 Å². The average molecular weight is 516 g/mol. The lowest BCUT2D eigenvalue weighted by atomic mass is 9.69. The third-order valence-corrected chi connectivity index (χ3v) is 7.48. The van der Waals surface area contributed by atoms with E-state index in [9.17, 15) is 19.8 Å². The second kappa shape index (κ2) is 9.93. The first-order chi connectivity index (χ1) is 15.8. The highest BCUT2D eigenvalue weighted by molar-refractivity contribution is 9.10.